The third-order valence-corrected chi connectivity index (χ3v) is 7.46. The number of hydrogen-bond acceptors (Lipinski definition) is 2. The molecule has 0 aromatic rings. The standard InChI is InChI=1S/C13H21NO2.C8H18.C7H16/c1-6-13(4,5)7-8-14-11(15)9(2)10(3)12(14)16;1-5-7-8(3,4)6-2;1-5-7(3,4)6-2/h6-8H2,1-5H3;5-7H2,1-4H3;5-6H2,1-4H3. The van der Waals surface area contributed by atoms with Crippen molar-refractivity contribution in [2.45, 2.75) is 135 Å². The molecule has 1 rings (SSSR count). The van der Waals surface area contributed by atoms with E-state index >= 15 is 0 Å². The van der Waals surface area contributed by atoms with Crippen molar-refractivity contribution in [3.63, 3.8) is 0 Å². The number of amides is 2. The number of nitrogens with zero attached hydrogens (tertiary/aromatic N) is 1. The molecule has 0 N–H and O–H groups in total. The van der Waals surface area contributed by atoms with Gasteiger partial charge < -0.3 is 0 Å². The molecule has 1 aliphatic heterocycles. The molecule has 0 saturated heterocycles. The average molecular weight is 438 g/mol. The molecule has 0 saturated carbocycles. The van der Waals surface area contributed by atoms with Gasteiger partial charge in [-0.05, 0) is 42.9 Å². The first-order chi connectivity index (χ1) is 14.0. The van der Waals surface area contributed by atoms with Crippen LogP contribution in [-0.2, 0) is 9.59 Å². The van der Waals surface area contributed by atoms with Crippen LogP contribution in [0.1, 0.15) is 135 Å². The fraction of sp³-hybridized carbons (Fsp3) is 0.857. The summed E-state index contributed by atoms with van der Waals surface area (Å²) in [6, 6.07) is 0. The lowest BCUT2D eigenvalue weighted by Crippen LogP contribution is -2.34. The Hall–Kier alpha value is -1.12. The summed E-state index contributed by atoms with van der Waals surface area (Å²) in [6.07, 6.45) is 8.49. The summed E-state index contributed by atoms with van der Waals surface area (Å²) in [5, 5.41) is 0. The Morgan fingerprint density at radius 3 is 1.13 bits per heavy atom. The summed E-state index contributed by atoms with van der Waals surface area (Å²) in [5.74, 6) is -0.233. The molecular weight excluding hydrogens is 382 g/mol. The Balaban J connectivity index is 0. The van der Waals surface area contributed by atoms with Crippen LogP contribution >= 0.6 is 0 Å². The van der Waals surface area contributed by atoms with E-state index in [4.69, 9.17) is 0 Å². The van der Waals surface area contributed by atoms with Gasteiger partial charge in [-0.25, -0.2) is 0 Å². The number of imide groups is 1. The van der Waals surface area contributed by atoms with Gasteiger partial charge in [0.2, 0.25) is 0 Å². The largest absolute Gasteiger partial charge is 0.275 e. The van der Waals surface area contributed by atoms with Gasteiger partial charge in [0.25, 0.3) is 11.8 Å². The van der Waals surface area contributed by atoms with Gasteiger partial charge in [-0.15, -0.1) is 0 Å². The van der Waals surface area contributed by atoms with Crippen molar-refractivity contribution < 1.29 is 9.59 Å². The molecule has 3 nitrogen and oxygen atoms in total. The van der Waals surface area contributed by atoms with Crippen LogP contribution in [-0.4, -0.2) is 23.3 Å². The summed E-state index contributed by atoms with van der Waals surface area (Å²) in [7, 11) is 0. The van der Waals surface area contributed by atoms with Gasteiger partial charge >= 0.3 is 0 Å². The fourth-order valence-corrected chi connectivity index (χ4v) is 2.72. The van der Waals surface area contributed by atoms with Gasteiger partial charge in [0.15, 0.2) is 0 Å². The van der Waals surface area contributed by atoms with E-state index < -0.39 is 0 Å². The van der Waals surface area contributed by atoms with Crippen LogP contribution in [0.5, 0.6) is 0 Å². The second-order valence-electron chi connectivity index (χ2n) is 11.4. The predicted molar refractivity (Wildman–Crippen MR) is 137 cm³/mol. The summed E-state index contributed by atoms with van der Waals surface area (Å²) in [5.41, 5.74) is 2.55. The molecule has 0 aromatic carbocycles. The van der Waals surface area contributed by atoms with E-state index in [0.717, 1.165) is 12.8 Å². The van der Waals surface area contributed by atoms with E-state index in [1.165, 1.54) is 37.0 Å². The van der Waals surface area contributed by atoms with Crippen molar-refractivity contribution in [3.8, 4) is 0 Å². The maximum absolute atomic E-state index is 11.8. The van der Waals surface area contributed by atoms with Crippen molar-refractivity contribution in [3.05, 3.63) is 11.1 Å². The van der Waals surface area contributed by atoms with E-state index in [-0.39, 0.29) is 17.2 Å². The van der Waals surface area contributed by atoms with Crippen LogP contribution in [0.15, 0.2) is 11.1 Å². The third kappa shape index (κ3) is 12.5. The van der Waals surface area contributed by atoms with Gasteiger partial charge in [-0.3, -0.25) is 14.5 Å². The molecule has 0 bridgehead atoms. The number of carbonyl (C=O) groups excluding carboxylic acids is 2. The Morgan fingerprint density at radius 2 is 0.903 bits per heavy atom. The second kappa shape index (κ2) is 14.1. The van der Waals surface area contributed by atoms with Crippen LogP contribution in [0.2, 0.25) is 0 Å². The summed E-state index contributed by atoms with van der Waals surface area (Å²) in [4.78, 5) is 24.9. The van der Waals surface area contributed by atoms with E-state index in [0.29, 0.717) is 28.5 Å². The molecule has 0 atom stereocenters. The lowest BCUT2D eigenvalue weighted by Gasteiger charge is -2.25. The highest BCUT2D eigenvalue weighted by Gasteiger charge is 2.33. The number of hydrogen-bond donors (Lipinski definition) is 0. The normalized spacial score (nSPS) is 14.9. The molecule has 31 heavy (non-hydrogen) atoms. The first-order valence-corrected chi connectivity index (χ1v) is 12.6. The topological polar surface area (TPSA) is 37.4 Å². The Labute approximate surface area is 195 Å². The molecule has 0 aliphatic carbocycles. The van der Waals surface area contributed by atoms with E-state index in [9.17, 15) is 9.59 Å². The van der Waals surface area contributed by atoms with Crippen LogP contribution in [0.4, 0.5) is 0 Å². The molecule has 0 radical (unpaired) electrons. The summed E-state index contributed by atoms with van der Waals surface area (Å²) >= 11 is 0. The maximum atomic E-state index is 11.8. The Bertz CT molecular complexity index is 552. The maximum Gasteiger partial charge on any atom is 0.256 e. The minimum atomic E-state index is -0.116. The SMILES string of the molecule is CCC(C)(C)CC.CCC(C)(C)CCN1C(=O)C(C)=C(C)C1=O.CCCC(C)(C)CC. The van der Waals surface area contributed by atoms with Gasteiger partial charge in [0, 0.05) is 17.7 Å². The van der Waals surface area contributed by atoms with Crippen molar-refractivity contribution in [1.29, 1.82) is 0 Å². The van der Waals surface area contributed by atoms with Crippen LogP contribution in [0, 0.1) is 16.2 Å². The lowest BCUT2D eigenvalue weighted by molar-refractivity contribution is -0.137. The quantitative estimate of drug-likeness (QED) is 0.339. The number of rotatable bonds is 9. The third-order valence-electron chi connectivity index (χ3n) is 7.46. The fourth-order valence-electron chi connectivity index (χ4n) is 2.72. The van der Waals surface area contributed by atoms with Crippen LogP contribution < -0.4 is 0 Å². The first-order valence-electron chi connectivity index (χ1n) is 12.6. The summed E-state index contributed by atoms with van der Waals surface area (Å²) < 4.78 is 0. The minimum Gasteiger partial charge on any atom is -0.275 e. The highest BCUT2D eigenvalue weighted by atomic mass is 16.2. The van der Waals surface area contributed by atoms with E-state index in [2.05, 4.69) is 76.2 Å². The molecule has 1 heterocycles. The molecule has 0 aromatic heterocycles. The number of carbonyl (C=O) groups is 2. The van der Waals surface area contributed by atoms with Crippen molar-refractivity contribution in [2.75, 3.05) is 6.54 Å². The molecule has 0 spiro atoms. The first kappa shape index (κ1) is 32.1. The average Bonchev–Trinajstić information content (AvgIpc) is 2.90. The lowest BCUT2D eigenvalue weighted by atomic mass is 9.86. The van der Waals surface area contributed by atoms with E-state index in [1.807, 2.05) is 0 Å². The second-order valence-corrected chi connectivity index (χ2v) is 11.4. The van der Waals surface area contributed by atoms with Gasteiger partial charge in [-0.1, -0.05) is 108 Å². The molecule has 2 amide bonds. The highest BCUT2D eigenvalue weighted by molar-refractivity contribution is 6.18. The zero-order chi connectivity index (χ0) is 25.0. The zero-order valence-corrected chi connectivity index (χ0v) is 23.4. The minimum absolute atomic E-state index is 0.116. The Kier molecular flexibility index (Phi) is 14.6. The van der Waals surface area contributed by atoms with Gasteiger partial charge in [0.05, 0.1) is 0 Å². The van der Waals surface area contributed by atoms with Gasteiger partial charge in [-0.2, -0.15) is 0 Å². The predicted octanol–water partition coefficient (Wildman–Crippen LogP) is 8.57. The van der Waals surface area contributed by atoms with Crippen molar-refractivity contribution >= 4 is 11.8 Å². The zero-order valence-electron chi connectivity index (χ0n) is 23.4. The van der Waals surface area contributed by atoms with Crippen LogP contribution in [0.3, 0.4) is 0 Å². The molecule has 0 unspecified atom stereocenters. The Morgan fingerprint density at radius 1 is 0.581 bits per heavy atom. The van der Waals surface area contributed by atoms with Crippen LogP contribution in [0.25, 0.3) is 0 Å². The highest BCUT2D eigenvalue weighted by Crippen LogP contribution is 2.27. The van der Waals surface area contributed by atoms with Gasteiger partial charge in [0.1, 0.15) is 0 Å². The smallest absolute Gasteiger partial charge is 0.256 e. The molecule has 3 heteroatoms. The van der Waals surface area contributed by atoms with Crippen molar-refractivity contribution in [2.24, 2.45) is 16.2 Å². The van der Waals surface area contributed by atoms with Crippen molar-refractivity contribution in [1.82, 2.24) is 4.90 Å². The molecule has 0 fully saturated rings. The molecule has 1 aliphatic rings. The molecular formula is C28H55NO2. The van der Waals surface area contributed by atoms with E-state index in [1.54, 1.807) is 13.8 Å². The monoisotopic (exact) mass is 437 g/mol. The molecule has 184 valence electrons. The summed E-state index contributed by atoms with van der Waals surface area (Å²) in [6.45, 7) is 28.7.